The van der Waals surface area contributed by atoms with Gasteiger partial charge in [0.05, 0.1) is 19.3 Å². The van der Waals surface area contributed by atoms with Gasteiger partial charge in [-0.1, -0.05) is 155 Å². The normalized spacial score (nSPS) is 12.4. The van der Waals surface area contributed by atoms with Gasteiger partial charge in [0.2, 0.25) is 0 Å². The Hall–Kier alpha value is -0.970. The predicted molar refractivity (Wildman–Crippen MR) is 183 cm³/mol. The Morgan fingerprint density at radius 3 is 1.31 bits per heavy atom. The number of nitrogens with zero attached hydrogens (tertiary/aromatic N) is 2. The van der Waals surface area contributed by atoms with Gasteiger partial charge in [-0.15, -0.1) is 0 Å². The zero-order chi connectivity index (χ0) is 30.2. The molecule has 0 aliphatic heterocycles. The molecule has 0 radical (unpaired) electrons. The van der Waals surface area contributed by atoms with Crippen molar-refractivity contribution in [3.63, 3.8) is 0 Å². The first-order valence-corrected chi connectivity index (χ1v) is 18.5. The predicted octanol–water partition coefficient (Wildman–Crippen LogP) is 11.5. The summed E-state index contributed by atoms with van der Waals surface area (Å²) >= 11 is 0. The van der Waals surface area contributed by atoms with Crippen LogP contribution in [0.25, 0.3) is 0 Å². The first-order chi connectivity index (χ1) is 20.8. The minimum atomic E-state index is 0.0813. The minimum absolute atomic E-state index is 0.0813. The zero-order valence-corrected chi connectivity index (χ0v) is 28.6. The van der Waals surface area contributed by atoms with Gasteiger partial charge in [0.25, 0.3) is 0 Å². The lowest BCUT2D eigenvalue weighted by Gasteiger charge is -2.28. The largest absolute Gasteiger partial charge is 0.382 e. The Balaban J connectivity index is 2.35. The summed E-state index contributed by atoms with van der Waals surface area (Å²) in [4.78, 5) is 6.92. The maximum Gasteiger partial charge on any atom is 0.0953 e. The topological polar surface area (TPSA) is 34.6 Å². The lowest BCUT2D eigenvalue weighted by Crippen LogP contribution is -2.32. The van der Waals surface area contributed by atoms with Crippen molar-refractivity contribution in [2.24, 2.45) is 0 Å². The molecule has 1 aromatic rings. The second kappa shape index (κ2) is 31.5. The molecule has 42 heavy (non-hydrogen) atoms. The molecule has 0 N–H and O–H groups in total. The quantitative estimate of drug-likeness (QED) is 0.0765. The van der Waals surface area contributed by atoms with Gasteiger partial charge in [0.15, 0.2) is 0 Å². The molecule has 0 aromatic carbocycles. The van der Waals surface area contributed by atoms with E-state index in [-0.39, 0.29) is 6.10 Å². The minimum Gasteiger partial charge on any atom is -0.382 e. The van der Waals surface area contributed by atoms with Gasteiger partial charge >= 0.3 is 0 Å². The summed E-state index contributed by atoms with van der Waals surface area (Å²) in [6.45, 7) is 9.20. The lowest BCUT2D eigenvalue weighted by atomic mass is 10.0. The van der Waals surface area contributed by atoms with Gasteiger partial charge in [-0.05, 0) is 43.6 Å². The fraction of sp³-hybridized carbons (Fsp3) is 0.868. The highest BCUT2D eigenvalue weighted by atomic mass is 16.5. The molecule has 0 bridgehead atoms. The molecule has 246 valence electrons. The van der Waals surface area contributed by atoms with E-state index < -0.39 is 0 Å². The van der Waals surface area contributed by atoms with E-state index in [1.54, 1.807) is 7.11 Å². The summed E-state index contributed by atoms with van der Waals surface area (Å²) in [5.41, 5.74) is 1.23. The summed E-state index contributed by atoms with van der Waals surface area (Å²) in [7, 11) is 1.75. The van der Waals surface area contributed by atoms with Gasteiger partial charge in [0.1, 0.15) is 0 Å². The number of hydrogen-bond acceptors (Lipinski definition) is 4. The summed E-state index contributed by atoms with van der Waals surface area (Å²) < 4.78 is 11.6. The highest BCUT2D eigenvalue weighted by Crippen LogP contribution is 2.20. The third kappa shape index (κ3) is 24.5. The Morgan fingerprint density at radius 1 is 0.548 bits per heavy atom. The molecule has 1 heterocycles. The number of rotatable bonds is 33. The van der Waals surface area contributed by atoms with Gasteiger partial charge in [-0.2, -0.15) is 0 Å². The van der Waals surface area contributed by atoms with Crippen LogP contribution in [0.4, 0.5) is 0 Å². The lowest BCUT2D eigenvalue weighted by molar-refractivity contribution is -0.00272. The molecule has 1 aromatic heterocycles. The SMILES string of the molecule is CCCCCCCCCCCCCCN(CCCCCCCCCCCCCC)CC(OCCOC)c1ccncc1. The Morgan fingerprint density at radius 2 is 0.929 bits per heavy atom. The first-order valence-electron chi connectivity index (χ1n) is 18.5. The number of unbranched alkanes of at least 4 members (excludes halogenated alkanes) is 22. The van der Waals surface area contributed by atoms with Crippen LogP contribution in [-0.4, -0.2) is 49.8 Å². The first kappa shape index (κ1) is 39.1. The fourth-order valence-electron chi connectivity index (χ4n) is 5.99. The molecule has 4 heteroatoms. The van der Waals surface area contributed by atoms with Crippen LogP contribution in [-0.2, 0) is 9.47 Å². The molecule has 0 saturated heterocycles. The van der Waals surface area contributed by atoms with Crippen LogP contribution >= 0.6 is 0 Å². The Kier molecular flexibility index (Phi) is 29.2. The monoisotopic (exact) mass is 589 g/mol. The standard InChI is InChI=1S/C38H72N2O2/c1-4-6-8-10-12-14-16-18-20-22-24-26-32-40(33-27-25-23-21-19-17-15-13-11-9-7-5-2)36-38(42-35-34-41-3)37-28-30-39-31-29-37/h28-31,38H,4-27,32-36H2,1-3H3. The maximum absolute atomic E-state index is 6.33. The number of hydrogen-bond donors (Lipinski definition) is 0. The van der Waals surface area contributed by atoms with Crippen molar-refractivity contribution in [2.45, 2.75) is 174 Å². The average Bonchev–Trinajstić information content (AvgIpc) is 3.01. The molecular formula is C38H72N2O2. The molecule has 0 saturated carbocycles. The molecule has 0 fully saturated rings. The number of ether oxygens (including phenoxy) is 2. The Labute approximate surface area is 263 Å². The van der Waals surface area contributed by atoms with E-state index in [4.69, 9.17) is 9.47 Å². The molecule has 0 aliphatic carbocycles. The van der Waals surface area contributed by atoms with Crippen LogP contribution in [0.1, 0.15) is 180 Å². The van der Waals surface area contributed by atoms with E-state index in [1.165, 1.54) is 173 Å². The van der Waals surface area contributed by atoms with E-state index >= 15 is 0 Å². The molecule has 1 atom stereocenters. The molecule has 0 amide bonds. The number of methoxy groups -OCH3 is 1. The maximum atomic E-state index is 6.33. The van der Waals surface area contributed by atoms with Crippen LogP contribution in [0.2, 0.25) is 0 Å². The Bertz CT molecular complexity index is 613. The second-order valence-corrected chi connectivity index (χ2v) is 12.7. The van der Waals surface area contributed by atoms with Crippen molar-refractivity contribution in [3.05, 3.63) is 30.1 Å². The molecule has 1 unspecified atom stereocenters. The van der Waals surface area contributed by atoms with Crippen LogP contribution in [0, 0.1) is 0 Å². The van der Waals surface area contributed by atoms with E-state index in [2.05, 4.69) is 35.9 Å². The smallest absolute Gasteiger partial charge is 0.0953 e. The van der Waals surface area contributed by atoms with Crippen molar-refractivity contribution in [3.8, 4) is 0 Å². The van der Waals surface area contributed by atoms with E-state index in [0.717, 1.165) is 6.54 Å². The number of pyridine rings is 1. The highest BCUT2D eigenvalue weighted by molar-refractivity contribution is 5.13. The van der Waals surface area contributed by atoms with E-state index in [1.807, 2.05) is 12.4 Å². The molecular weight excluding hydrogens is 516 g/mol. The molecule has 1 rings (SSSR count). The van der Waals surface area contributed by atoms with Crippen LogP contribution in [0.3, 0.4) is 0 Å². The molecule has 4 nitrogen and oxygen atoms in total. The average molecular weight is 589 g/mol. The second-order valence-electron chi connectivity index (χ2n) is 12.7. The summed E-state index contributed by atoms with van der Waals surface area (Å²) in [6, 6.07) is 4.23. The molecule has 0 aliphatic rings. The fourth-order valence-corrected chi connectivity index (χ4v) is 5.99. The van der Waals surface area contributed by atoms with Gasteiger partial charge < -0.3 is 14.4 Å². The van der Waals surface area contributed by atoms with Gasteiger partial charge in [-0.3, -0.25) is 4.98 Å². The van der Waals surface area contributed by atoms with Crippen molar-refractivity contribution in [1.82, 2.24) is 9.88 Å². The van der Waals surface area contributed by atoms with E-state index in [0.29, 0.717) is 13.2 Å². The third-order valence-electron chi connectivity index (χ3n) is 8.76. The molecule has 0 spiro atoms. The van der Waals surface area contributed by atoms with Crippen molar-refractivity contribution >= 4 is 0 Å². The van der Waals surface area contributed by atoms with Crippen LogP contribution in [0.15, 0.2) is 24.5 Å². The summed E-state index contributed by atoms with van der Waals surface area (Å²) in [5, 5.41) is 0. The van der Waals surface area contributed by atoms with Gasteiger partial charge in [-0.25, -0.2) is 0 Å². The van der Waals surface area contributed by atoms with Gasteiger partial charge in [0, 0.05) is 26.0 Å². The summed E-state index contributed by atoms with van der Waals surface area (Å²) in [6.07, 6.45) is 37.6. The van der Waals surface area contributed by atoms with Crippen LogP contribution in [0.5, 0.6) is 0 Å². The van der Waals surface area contributed by atoms with E-state index in [9.17, 15) is 0 Å². The summed E-state index contributed by atoms with van der Waals surface area (Å²) in [5.74, 6) is 0. The van der Waals surface area contributed by atoms with Crippen molar-refractivity contribution in [1.29, 1.82) is 0 Å². The highest BCUT2D eigenvalue weighted by Gasteiger charge is 2.17. The third-order valence-corrected chi connectivity index (χ3v) is 8.76. The zero-order valence-electron chi connectivity index (χ0n) is 28.6. The van der Waals surface area contributed by atoms with Crippen molar-refractivity contribution < 1.29 is 9.47 Å². The van der Waals surface area contributed by atoms with Crippen molar-refractivity contribution in [2.75, 3.05) is 40.0 Å². The number of aromatic nitrogens is 1. The van der Waals surface area contributed by atoms with Crippen LogP contribution < -0.4 is 0 Å².